The summed E-state index contributed by atoms with van der Waals surface area (Å²) in [7, 11) is -3.40. The van der Waals surface area contributed by atoms with Crippen LogP contribution < -0.4 is 14.2 Å². The van der Waals surface area contributed by atoms with Gasteiger partial charge in [-0.05, 0) is 62.4 Å². The summed E-state index contributed by atoms with van der Waals surface area (Å²) < 4.78 is 40.5. The Balaban J connectivity index is 1.85. The number of ketones is 1. The molecule has 0 spiro atoms. The van der Waals surface area contributed by atoms with Crippen molar-refractivity contribution in [1.29, 1.82) is 0 Å². The third-order valence-electron chi connectivity index (χ3n) is 3.64. The minimum atomic E-state index is -3.40. The molecule has 0 heterocycles. The maximum Gasteiger partial charge on any atom is 0.344 e. The molecule has 8 nitrogen and oxygen atoms in total. The third kappa shape index (κ3) is 7.46. The van der Waals surface area contributed by atoms with Gasteiger partial charge in [0.05, 0.1) is 12.9 Å². The highest BCUT2D eigenvalue weighted by molar-refractivity contribution is 7.92. The molecule has 9 heteroatoms. The van der Waals surface area contributed by atoms with Gasteiger partial charge in [0.2, 0.25) is 15.8 Å². The molecule has 0 saturated heterocycles. The number of nitrogens with one attached hydrogen (secondary N) is 1. The summed E-state index contributed by atoms with van der Waals surface area (Å²) in [5.74, 6) is 0.0677. The number of hydrogen-bond acceptors (Lipinski definition) is 7. The maximum atomic E-state index is 12.4. The number of carbonyl (C=O) groups excluding carboxylic acids is 2. The maximum absolute atomic E-state index is 12.4. The van der Waals surface area contributed by atoms with E-state index in [9.17, 15) is 18.0 Å². The molecule has 0 aliphatic heterocycles. The smallest absolute Gasteiger partial charge is 0.344 e. The molecular weight excluding hydrogens is 398 g/mol. The molecule has 0 aliphatic carbocycles. The van der Waals surface area contributed by atoms with Crippen molar-refractivity contribution in [3.63, 3.8) is 0 Å². The molecule has 0 amide bonds. The average Bonchev–Trinajstić information content (AvgIpc) is 2.66. The van der Waals surface area contributed by atoms with Gasteiger partial charge in [-0.15, -0.1) is 0 Å². The Kier molecular flexibility index (Phi) is 7.60. The van der Waals surface area contributed by atoms with Crippen molar-refractivity contribution in [3.05, 3.63) is 54.1 Å². The van der Waals surface area contributed by atoms with Crippen molar-refractivity contribution in [3.8, 4) is 11.5 Å². The minimum absolute atomic E-state index is 0.289. The second kappa shape index (κ2) is 9.92. The number of benzene rings is 2. The van der Waals surface area contributed by atoms with E-state index in [1.165, 1.54) is 31.2 Å². The first kappa shape index (κ1) is 22.2. The average molecular weight is 421 g/mol. The van der Waals surface area contributed by atoms with E-state index in [1.54, 1.807) is 24.3 Å². The lowest BCUT2D eigenvalue weighted by molar-refractivity contribution is -0.148. The Labute approximate surface area is 169 Å². The molecule has 29 heavy (non-hydrogen) atoms. The molecule has 1 N–H and O–H groups in total. The van der Waals surface area contributed by atoms with E-state index in [4.69, 9.17) is 14.2 Å². The highest BCUT2D eigenvalue weighted by Crippen LogP contribution is 2.18. The Bertz CT molecular complexity index is 938. The van der Waals surface area contributed by atoms with Crippen LogP contribution in [0.3, 0.4) is 0 Å². The zero-order chi connectivity index (χ0) is 21.4. The molecule has 0 bridgehead atoms. The molecule has 156 valence electrons. The summed E-state index contributed by atoms with van der Waals surface area (Å²) in [6.45, 7) is 3.54. The molecule has 0 aromatic heterocycles. The number of Topliss-reactive ketones (excluding diaryl/α,β-unsaturated/α-hetero) is 1. The van der Waals surface area contributed by atoms with E-state index in [0.717, 1.165) is 6.26 Å². The lowest BCUT2D eigenvalue weighted by Crippen LogP contribution is -2.27. The lowest BCUT2D eigenvalue weighted by Gasteiger charge is -2.13. The predicted octanol–water partition coefficient (Wildman–Crippen LogP) is 2.65. The van der Waals surface area contributed by atoms with E-state index >= 15 is 0 Å². The predicted molar refractivity (Wildman–Crippen MR) is 108 cm³/mol. The summed E-state index contributed by atoms with van der Waals surface area (Å²) in [5.41, 5.74) is 0.620. The zero-order valence-corrected chi connectivity index (χ0v) is 17.2. The monoisotopic (exact) mass is 421 g/mol. The van der Waals surface area contributed by atoms with Gasteiger partial charge in [-0.1, -0.05) is 0 Å². The second-order valence-corrected chi connectivity index (χ2v) is 7.89. The fourth-order valence-electron chi connectivity index (χ4n) is 2.38. The summed E-state index contributed by atoms with van der Waals surface area (Å²) in [6, 6.07) is 12.6. The molecule has 2 aromatic rings. The topological polar surface area (TPSA) is 108 Å². The van der Waals surface area contributed by atoms with Crippen LogP contribution in [0.15, 0.2) is 48.5 Å². The molecule has 0 aliphatic rings. The van der Waals surface area contributed by atoms with Gasteiger partial charge < -0.3 is 14.2 Å². The van der Waals surface area contributed by atoms with Crippen molar-refractivity contribution >= 4 is 27.5 Å². The molecule has 2 aromatic carbocycles. The number of sulfonamides is 1. The fourth-order valence-corrected chi connectivity index (χ4v) is 2.94. The van der Waals surface area contributed by atoms with E-state index in [0.29, 0.717) is 23.8 Å². The minimum Gasteiger partial charge on any atom is -0.494 e. The number of esters is 1. The van der Waals surface area contributed by atoms with E-state index in [2.05, 4.69) is 4.72 Å². The summed E-state index contributed by atoms with van der Waals surface area (Å²) >= 11 is 0. The van der Waals surface area contributed by atoms with Crippen LogP contribution in [0.25, 0.3) is 0 Å². The standard InChI is InChI=1S/C20H23NO7S/c1-4-26-17-9-11-18(12-10-17)27-13-19(22)28-14(2)20(23)15-5-7-16(8-6-15)21-29(3,24)25/h5-12,14,21H,4,13H2,1-3H3/t14-/m0/s1. The van der Waals surface area contributed by atoms with E-state index in [-0.39, 0.29) is 12.2 Å². The van der Waals surface area contributed by atoms with Gasteiger partial charge in [-0.2, -0.15) is 0 Å². The van der Waals surface area contributed by atoms with Crippen LogP contribution in [0.4, 0.5) is 5.69 Å². The van der Waals surface area contributed by atoms with Gasteiger partial charge in [-0.3, -0.25) is 9.52 Å². The normalized spacial score (nSPS) is 12.0. The molecule has 0 unspecified atom stereocenters. The van der Waals surface area contributed by atoms with Crippen LogP contribution >= 0.6 is 0 Å². The largest absolute Gasteiger partial charge is 0.494 e. The van der Waals surface area contributed by atoms with E-state index < -0.39 is 27.9 Å². The number of rotatable bonds is 10. The first-order valence-corrected chi connectivity index (χ1v) is 10.7. The van der Waals surface area contributed by atoms with Crippen LogP contribution in [-0.4, -0.2) is 45.7 Å². The molecule has 0 fully saturated rings. The molecule has 1 atom stereocenters. The van der Waals surface area contributed by atoms with Crippen LogP contribution in [-0.2, 0) is 19.6 Å². The fraction of sp³-hybridized carbons (Fsp3) is 0.300. The summed E-state index contributed by atoms with van der Waals surface area (Å²) in [6.07, 6.45) is 0.0170. The molecule has 2 rings (SSSR count). The van der Waals surface area contributed by atoms with Gasteiger partial charge >= 0.3 is 5.97 Å². The first-order valence-electron chi connectivity index (χ1n) is 8.85. The molecule has 0 radical (unpaired) electrons. The van der Waals surface area contributed by atoms with Gasteiger partial charge in [0.25, 0.3) is 0 Å². The Morgan fingerprint density at radius 2 is 1.52 bits per heavy atom. The van der Waals surface area contributed by atoms with Crippen LogP contribution in [0.5, 0.6) is 11.5 Å². The Morgan fingerprint density at radius 3 is 2.03 bits per heavy atom. The third-order valence-corrected chi connectivity index (χ3v) is 4.25. The Hall–Kier alpha value is -3.07. The number of anilines is 1. The van der Waals surface area contributed by atoms with Gasteiger partial charge in [0, 0.05) is 11.3 Å². The van der Waals surface area contributed by atoms with Crippen molar-refractivity contribution in [1.82, 2.24) is 0 Å². The SMILES string of the molecule is CCOc1ccc(OCC(=O)O[C@@H](C)C(=O)c2ccc(NS(C)(=O)=O)cc2)cc1. The Morgan fingerprint density at radius 1 is 0.966 bits per heavy atom. The number of carbonyl (C=O) groups is 2. The number of ether oxygens (including phenoxy) is 3. The van der Waals surface area contributed by atoms with Gasteiger partial charge in [0.1, 0.15) is 11.5 Å². The van der Waals surface area contributed by atoms with Crippen LogP contribution in [0.2, 0.25) is 0 Å². The van der Waals surface area contributed by atoms with Gasteiger partial charge in [-0.25, -0.2) is 13.2 Å². The second-order valence-electron chi connectivity index (χ2n) is 6.14. The van der Waals surface area contributed by atoms with Crippen molar-refractivity contribution in [2.45, 2.75) is 20.0 Å². The zero-order valence-electron chi connectivity index (χ0n) is 16.4. The quantitative estimate of drug-likeness (QED) is 0.464. The lowest BCUT2D eigenvalue weighted by atomic mass is 10.1. The van der Waals surface area contributed by atoms with Crippen LogP contribution in [0.1, 0.15) is 24.2 Å². The highest BCUT2D eigenvalue weighted by Gasteiger charge is 2.20. The van der Waals surface area contributed by atoms with Gasteiger partial charge in [0.15, 0.2) is 12.7 Å². The van der Waals surface area contributed by atoms with Crippen molar-refractivity contribution in [2.75, 3.05) is 24.2 Å². The molecule has 0 saturated carbocycles. The van der Waals surface area contributed by atoms with Crippen molar-refractivity contribution in [2.24, 2.45) is 0 Å². The molecular formula is C20H23NO7S. The van der Waals surface area contributed by atoms with Crippen LogP contribution in [0, 0.1) is 0 Å². The first-order chi connectivity index (χ1) is 13.7. The highest BCUT2D eigenvalue weighted by atomic mass is 32.2. The number of hydrogen-bond donors (Lipinski definition) is 1. The van der Waals surface area contributed by atoms with Crippen molar-refractivity contribution < 1.29 is 32.2 Å². The summed E-state index contributed by atoms with van der Waals surface area (Å²) in [5, 5.41) is 0. The summed E-state index contributed by atoms with van der Waals surface area (Å²) in [4.78, 5) is 24.3. The van der Waals surface area contributed by atoms with E-state index in [1.807, 2.05) is 6.92 Å².